The molecule has 1 nitrogen and oxygen atoms in total. The number of ketones is 1. The van der Waals surface area contributed by atoms with Gasteiger partial charge >= 0.3 is 0 Å². The molecule has 0 radical (unpaired) electrons. The summed E-state index contributed by atoms with van der Waals surface area (Å²) in [5.74, 6) is 4.77. The van der Waals surface area contributed by atoms with Crippen LogP contribution in [0.5, 0.6) is 0 Å². The zero-order chi connectivity index (χ0) is 16.6. The Morgan fingerprint density at radius 3 is 2.39 bits per heavy atom. The van der Waals surface area contributed by atoms with Gasteiger partial charge in [0.05, 0.1) is 0 Å². The predicted octanol–water partition coefficient (Wildman–Crippen LogP) is 5.87. The Kier molecular flexibility index (Phi) is 3.41. The Morgan fingerprint density at radius 2 is 1.65 bits per heavy atom. The molecule has 0 spiro atoms. The predicted molar refractivity (Wildman–Crippen MR) is 95.1 cm³/mol. The van der Waals surface area contributed by atoms with Gasteiger partial charge in [0.15, 0.2) is 0 Å². The van der Waals surface area contributed by atoms with Crippen LogP contribution in [0.25, 0.3) is 0 Å². The first-order valence-corrected chi connectivity index (χ1v) is 10.2. The lowest BCUT2D eigenvalue weighted by Crippen LogP contribution is -2.56. The lowest BCUT2D eigenvalue weighted by atomic mass is 9.41. The van der Waals surface area contributed by atoms with Crippen LogP contribution >= 0.6 is 0 Å². The Morgan fingerprint density at radius 1 is 0.913 bits per heavy atom. The van der Waals surface area contributed by atoms with Crippen molar-refractivity contribution >= 4 is 5.78 Å². The highest BCUT2D eigenvalue weighted by Crippen LogP contribution is 2.68. The summed E-state index contributed by atoms with van der Waals surface area (Å²) in [5, 5.41) is 0. The number of rotatable bonds is 0. The van der Waals surface area contributed by atoms with Crippen LogP contribution in [0, 0.1) is 45.8 Å². The summed E-state index contributed by atoms with van der Waals surface area (Å²) in [6.07, 6.45) is 10.2. The molecule has 0 heterocycles. The molecule has 4 aliphatic carbocycles. The van der Waals surface area contributed by atoms with Gasteiger partial charge in [0, 0.05) is 11.8 Å². The maximum atomic E-state index is 12.5. The van der Waals surface area contributed by atoms with E-state index in [9.17, 15) is 4.79 Å². The second-order valence-corrected chi connectivity index (χ2v) is 11.0. The van der Waals surface area contributed by atoms with E-state index in [1.165, 1.54) is 44.9 Å². The van der Waals surface area contributed by atoms with E-state index in [0.29, 0.717) is 22.5 Å². The molecule has 0 amide bonds. The van der Waals surface area contributed by atoms with E-state index in [4.69, 9.17) is 0 Å². The highest BCUT2D eigenvalue weighted by Gasteiger charge is 2.61. The molecule has 0 aliphatic heterocycles. The molecule has 4 saturated carbocycles. The molecule has 1 heteroatoms. The standard InChI is InChI=1S/C22H36O/c1-14-12-15-16-6-7-19(23)22(16,5)9-8-17(15)21(4)11-10-20(2,3)13-18(14)21/h14-18H,6-13H2,1-5H3/t14?,15-,16-,17-,18?,21+,22-/m0/s1. The third-order valence-electron chi connectivity index (χ3n) is 9.28. The number of carbonyl (C=O) groups is 1. The van der Waals surface area contributed by atoms with Crippen molar-refractivity contribution in [2.24, 2.45) is 45.8 Å². The summed E-state index contributed by atoms with van der Waals surface area (Å²) >= 11 is 0. The molecular weight excluding hydrogens is 280 g/mol. The highest BCUT2D eigenvalue weighted by molar-refractivity contribution is 5.87. The molecule has 0 aromatic carbocycles. The van der Waals surface area contributed by atoms with Gasteiger partial charge in [-0.3, -0.25) is 4.79 Å². The molecule has 0 saturated heterocycles. The van der Waals surface area contributed by atoms with Gasteiger partial charge in [-0.2, -0.15) is 0 Å². The lowest BCUT2D eigenvalue weighted by molar-refractivity contribution is -0.152. The van der Waals surface area contributed by atoms with Crippen LogP contribution < -0.4 is 0 Å². The fourth-order valence-electron chi connectivity index (χ4n) is 7.83. The molecule has 0 aromatic heterocycles. The van der Waals surface area contributed by atoms with Gasteiger partial charge in [-0.05, 0) is 85.4 Å². The number of fused-ring (bicyclic) bond motifs is 5. The van der Waals surface area contributed by atoms with Gasteiger partial charge in [0.2, 0.25) is 0 Å². The van der Waals surface area contributed by atoms with Crippen molar-refractivity contribution in [2.45, 2.75) is 86.0 Å². The Hall–Kier alpha value is -0.330. The minimum Gasteiger partial charge on any atom is -0.299 e. The second kappa shape index (κ2) is 4.85. The highest BCUT2D eigenvalue weighted by atomic mass is 16.1. The maximum Gasteiger partial charge on any atom is 0.139 e. The van der Waals surface area contributed by atoms with E-state index in [2.05, 4.69) is 34.6 Å². The molecule has 4 rings (SSSR count). The Balaban J connectivity index is 1.67. The Bertz CT molecular complexity index is 520. The van der Waals surface area contributed by atoms with Crippen LogP contribution in [0.4, 0.5) is 0 Å². The normalized spacial score (nSPS) is 55.0. The second-order valence-electron chi connectivity index (χ2n) is 11.0. The van der Waals surface area contributed by atoms with Crippen molar-refractivity contribution in [3.8, 4) is 0 Å². The van der Waals surface area contributed by atoms with Crippen LogP contribution in [-0.4, -0.2) is 5.78 Å². The zero-order valence-electron chi connectivity index (χ0n) is 16.0. The minimum atomic E-state index is 0.0397. The molecule has 130 valence electrons. The SMILES string of the molecule is CC1C[C@@H]2[C@H](CC[C@]3(C)C(=O)CC[C@@H]23)[C@@]2(C)CCC(C)(C)CC12. The van der Waals surface area contributed by atoms with Crippen LogP contribution in [0.3, 0.4) is 0 Å². The third-order valence-corrected chi connectivity index (χ3v) is 9.28. The average molecular weight is 317 g/mol. The van der Waals surface area contributed by atoms with Crippen LogP contribution in [-0.2, 0) is 4.79 Å². The van der Waals surface area contributed by atoms with E-state index in [1.54, 1.807) is 0 Å². The van der Waals surface area contributed by atoms with E-state index < -0.39 is 0 Å². The van der Waals surface area contributed by atoms with E-state index in [0.717, 1.165) is 30.1 Å². The van der Waals surface area contributed by atoms with E-state index >= 15 is 0 Å². The van der Waals surface area contributed by atoms with E-state index in [1.807, 2.05) is 0 Å². The van der Waals surface area contributed by atoms with Crippen LogP contribution in [0.2, 0.25) is 0 Å². The summed E-state index contributed by atoms with van der Waals surface area (Å²) in [5.41, 5.74) is 1.13. The molecule has 4 fully saturated rings. The van der Waals surface area contributed by atoms with Crippen LogP contribution in [0.1, 0.15) is 86.0 Å². The largest absolute Gasteiger partial charge is 0.299 e. The zero-order valence-corrected chi connectivity index (χ0v) is 16.0. The van der Waals surface area contributed by atoms with Gasteiger partial charge in [-0.25, -0.2) is 0 Å². The summed E-state index contributed by atoms with van der Waals surface area (Å²) in [4.78, 5) is 12.5. The number of hydrogen-bond donors (Lipinski definition) is 0. The number of Topliss-reactive ketones (excluding diaryl/α,β-unsaturated/α-hetero) is 1. The fourth-order valence-corrected chi connectivity index (χ4v) is 7.83. The maximum absolute atomic E-state index is 12.5. The van der Waals surface area contributed by atoms with Gasteiger partial charge in [0.1, 0.15) is 5.78 Å². The Labute approximate surface area is 143 Å². The first kappa shape index (κ1) is 16.2. The van der Waals surface area contributed by atoms with E-state index in [-0.39, 0.29) is 5.41 Å². The monoisotopic (exact) mass is 316 g/mol. The molecule has 2 unspecified atom stereocenters. The van der Waals surface area contributed by atoms with Crippen molar-refractivity contribution in [3.05, 3.63) is 0 Å². The summed E-state index contributed by atoms with van der Waals surface area (Å²) in [7, 11) is 0. The summed E-state index contributed by atoms with van der Waals surface area (Å²) in [6.45, 7) is 12.5. The molecular formula is C22H36O. The number of hydrogen-bond acceptors (Lipinski definition) is 1. The third kappa shape index (κ3) is 2.13. The van der Waals surface area contributed by atoms with Crippen molar-refractivity contribution in [3.63, 3.8) is 0 Å². The van der Waals surface area contributed by atoms with Crippen molar-refractivity contribution in [1.29, 1.82) is 0 Å². The topological polar surface area (TPSA) is 17.1 Å². The van der Waals surface area contributed by atoms with Crippen molar-refractivity contribution in [2.75, 3.05) is 0 Å². The van der Waals surface area contributed by atoms with Gasteiger partial charge in [-0.15, -0.1) is 0 Å². The molecule has 7 atom stereocenters. The average Bonchev–Trinajstić information content (AvgIpc) is 2.77. The fraction of sp³-hybridized carbons (Fsp3) is 0.955. The lowest BCUT2D eigenvalue weighted by Gasteiger charge is -2.63. The smallest absolute Gasteiger partial charge is 0.139 e. The summed E-state index contributed by atoms with van der Waals surface area (Å²) < 4.78 is 0. The van der Waals surface area contributed by atoms with Crippen molar-refractivity contribution < 1.29 is 4.79 Å². The molecule has 0 bridgehead atoms. The van der Waals surface area contributed by atoms with Gasteiger partial charge in [0.25, 0.3) is 0 Å². The molecule has 4 aliphatic rings. The van der Waals surface area contributed by atoms with Crippen molar-refractivity contribution in [1.82, 2.24) is 0 Å². The first-order valence-electron chi connectivity index (χ1n) is 10.2. The van der Waals surface area contributed by atoms with Gasteiger partial charge < -0.3 is 0 Å². The molecule has 23 heavy (non-hydrogen) atoms. The quantitative estimate of drug-likeness (QED) is 0.546. The number of carbonyl (C=O) groups excluding carboxylic acids is 1. The molecule has 0 aromatic rings. The first-order chi connectivity index (χ1) is 10.7. The summed E-state index contributed by atoms with van der Waals surface area (Å²) in [6, 6.07) is 0. The molecule has 0 N–H and O–H groups in total. The minimum absolute atomic E-state index is 0.0397. The van der Waals surface area contributed by atoms with Gasteiger partial charge in [-0.1, -0.05) is 34.6 Å². The van der Waals surface area contributed by atoms with Crippen LogP contribution in [0.15, 0.2) is 0 Å².